The van der Waals surface area contributed by atoms with Gasteiger partial charge in [-0.1, -0.05) is 18.2 Å². The third kappa shape index (κ3) is 3.07. The number of rotatable bonds is 5. The van der Waals surface area contributed by atoms with Crippen molar-refractivity contribution in [1.82, 2.24) is 0 Å². The van der Waals surface area contributed by atoms with Crippen molar-refractivity contribution < 1.29 is 28.2 Å². The number of carboxylic acid groups (broad SMARTS) is 1. The number of carboxylic acids is 1. The van der Waals surface area contributed by atoms with Crippen LogP contribution in [0, 0.1) is 0 Å². The summed E-state index contributed by atoms with van der Waals surface area (Å²) in [7, 11) is -3.88. The highest BCUT2D eigenvalue weighted by molar-refractivity contribution is 7.91. The smallest absolute Gasteiger partial charge is 0.376 e. The molecule has 8 heteroatoms. The largest absolute Gasteiger partial charge is 0.507 e. The van der Waals surface area contributed by atoms with Crippen LogP contribution in [-0.2, 0) is 19.4 Å². The van der Waals surface area contributed by atoms with E-state index >= 15 is 0 Å². The molecule has 0 fully saturated rings. The van der Waals surface area contributed by atoms with E-state index in [1.807, 2.05) is 0 Å². The minimum atomic E-state index is -3.88. The van der Waals surface area contributed by atoms with Gasteiger partial charge in [0.25, 0.3) is 5.78 Å². The zero-order chi connectivity index (χ0) is 16.3. The monoisotopic (exact) mass is 338 g/mol. The fourth-order valence-electron chi connectivity index (χ4n) is 1.67. The van der Waals surface area contributed by atoms with E-state index in [4.69, 9.17) is 5.11 Å². The summed E-state index contributed by atoms with van der Waals surface area (Å²) in [5, 5.41) is 21.0. The van der Waals surface area contributed by atoms with E-state index in [0.29, 0.717) is 6.08 Å². The maximum absolute atomic E-state index is 12.5. The van der Waals surface area contributed by atoms with E-state index in [2.05, 4.69) is 0 Å². The first-order valence-electron chi connectivity index (χ1n) is 5.88. The Morgan fingerprint density at radius 3 is 2.27 bits per heavy atom. The molecule has 1 aromatic carbocycles. The van der Waals surface area contributed by atoms with Crippen LogP contribution in [0.3, 0.4) is 0 Å². The Hall–Kier alpha value is -2.45. The zero-order valence-corrected chi connectivity index (χ0v) is 12.6. The lowest BCUT2D eigenvalue weighted by molar-refractivity contribution is -0.146. The first kappa shape index (κ1) is 15.9. The Morgan fingerprint density at radius 1 is 1.05 bits per heavy atom. The van der Waals surface area contributed by atoms with E-state index in [9.17, 15) is 23.1 Å². The number of aliphatic hydroxyl groups is 1. The maximum atomic E-state index is 12.5. The van der Waals surface area contributed by atoms with Gasteiger partial charge in [-0.05, 0) is 12.1 Å². The fraction of sp³-hybridized carbons (Fsp3) is 0. The summed E-state index contributed by atoms with van der Waals surface area (Å²) in [6.07, 6.45) is 0.481. The van der Waals surface area contributed by atoms with Gasteiger partial charge in [-0.3, -0.25) is 4.79 Å². The fourth-order valence-corrected chi connectivity index (χ4v) is 4.34. The van der Waals surface area contributed by atoms with Gasteiger partial charge < -0.3 is 10.2 Å². The summed E-state index contributed by atoms with van der Waals surface area (Å²) in [6, 6.07) is 7.58. The number of carbonyl (C=O) groups excluding carboxylic acids is 1. The van der Waals surface area contributed by atoms with Crippen molar-refractivity contribution in [3.8, 4) is 0 Å². The lowest BCUT2D eigenvalue weighted by Gasteiger charge is -2.05. The third-order valence-corrected chi connectivity index (χ3v) is 5.43. The number of hydrogen-bond donors (Lipinski definition) is 2. The summed E-state index contributed by atoms with van der Waals surface area (Å²) >= 11 is 1.01. The minimum Gasteiger partial charge on any atom is -0.507 e. The molecule has 0 bridgehead atoms. The van der Waals surface area contributed by atoms with Crippen molar-refractivity contribution in [3.05, 3.63) is 52.7 Å². The molecule has 0 aliphatic rings. The van der Waals surface area contributed by atoms with E-state index in [-0.39, 0.29) is 15.4 Å². The van der Waals surface area contributed by atoms with Crippen LogP contribution in [0.4, 0.5) is 0 Å². The van der Waals surface area contributed by atoms with Gasteiger partial charge in [0, 0.05) is 22.4 Å². The van der Waals surface area contributed by atoms with Gasteiger partial charge in [-0.2, -0.15) is 11.3 Å². The molecule has 0 spiro atoms. The van der Waals surface area contributed by atoms with Crippen LogP contribution in [0.2, 0.25) is 0 Å². The van der Waals surface area contributed by atoms with Gasteiger partial charge in [0.05, 0.1) is 9.79 Å². The average Bonchev–Trinajstić information content (AvgIpc) is 2.98. The molecule has 6 nitrogen and oxygen atoms in total. The Kier molecular flexibility index (Phi) is 4.43. The number of ketones is 1. The average molecular weight is 338 g/mol. The number of aliphatic carboxylic acids is 1. The molecule has 0 aliphatic carbocycles. The van der Waals surface area contributed by atoms with E-state index in [0.717, 1.165) is 11.3 Å². The Balaban J connectivity index is 2.51. The van der Waals surface area contributed by atoms with Gasteiger partial charge in [0.15, 0.2) is 0 Å². The highest BCUT2D eigenvalue weighted by atomic mass is 32.2. The van der Waals surface area contributed by atoms with E-state index in [1.54, 1.807) is 18.2 Å². The predicted molar refractivity (Wildman–Crippen MR) is 79.5 cm³/mol. The molecule has 0 unspecified atom stereocenters. The van der Waals surface area contributed by atoms with Crippen LogP contribution in [0.15, 0.2) is 57.0 Å². The molecule has 2 rings (SSSR count). The maximum Gasteiger partial charge on any atom is 0.376 e. The van der Waals surface area contributed by atoms with Crippen molar-refractivity contribution in [2.45, 2.75) is 9.79 Å². The van der Waals surface area contributed by atoms with Crippen LogP contribution in [0.25, 0.3) is 5.76 Å². The molecule has 0 saturated heterocycles. The summed E-state index contributed by atoms with van der Waals surface area (Å²) in [5.41, 5.74) is -0.108. The van der Waals surface area contributed by atoms with Gasteiger partial charge in [0.2, 0.25) is 9.84 Å². The Morgan fingerprint density at radius 2 is 1.68 bits per heavy atom. The first-order chi connectivity index (χ1) is 10.3. The molecular formula is C14H10O6S2. The summed E-state index contributed by atoms with van der Waals surface area (Å²) in [4.78, 5) is 21.4. The molecule has 1 heterocycles. The molecule has 0 saturated carbocycles. The molecule has 22 heavy (non-hydrogen) atoms. The summed E-state index contributed by atoms with van der Waals surface area (Å²) in [6.45, 7) is 0. The highest BCUT2D eigenvalue weighted by Gasteiger charge is 2.24. The molecule has 0 amide bonds. The van der Waals surface area contributed by atoms with Crippen LogP contribution < -0.4 is 0 Å². The van der Waals surface area contributed by atoms with Crippen LogP contribution in [-0.4, -0.2) is 30.4 Å². The standard InChI is InChI=1S/C14H10O6S2/c15-11(6-12(16)14(17)18)10-7-21-8-13(10)22(19,20)9-4-2-1-3-5-9/h1-8,15H,(H,17,18). The van der Waals surface area contributed by atoms with Gasteiger partial charge in [-0.25, -0.2) is 13.2 Å². The number of benzene rings is 1. The van der Waals surface area contributed by atoms with Crippen molar-refractivity contribution >= 4 is 38.7 Å². The molecule has 114 valence electrons. The number of hydrogen-bond acceptors (Lipinski definition) is 6. The van der Waals surface area contributed by atoms with Crippen LogP contribution >= 0.6 is 11.3 Å². The normalized spacial score (nSPS) is 12.1. The molecule has 1 aromatic heterocycles. The first-order valence-corrected chi connectivity index (χ1v) is 8.31. The number of sulfone groups is 1. The second-order valence-electron chi connectivity index (χ2n) is 4.17. The third-order valence-electron chi connectivity index (χ3n) is 2.72. The predicted octanol–water partition coefficient (Wildman–Crippen LogP) is 2.13. The second kappa shape index (κ2) is 6.12. The van der Waals surface area contributed by atoms with Crippen molar-refractivity contribution in [1.29, 1.82) is 0 Å². The van der Waals surface area contributed by atoms with Crippen LogP contribution in [0.5, 0.6) is 0 Å². The minimum absolute atomic E-state index is 0.0343. The topological polar surface area (TPSA) is 109 Å². The van der Waals surface area contributed by atoms with E-state index in [1.165, 1.54) is 22.9 Å². The SMILES string of the molecule is O=C(O)C(=O)C=C(O)c1cscc1S(=O)(=O)c1ccccc1. The highest BCUT2D eigenvalue weighted by Crippen LogP contribution is 2.30. The molecule has 0 aliphatic heterocycles. The van der Waals surface area contributed by atoms with Crippen LogP contribution in [0.1, 0.15) is 5.56 Å². The molecular weight excluding hydrogens is 328 g/mol. The van der Waals surface area contributed by atoms with Crippen molar-refractivity contribution in [2.24, 2.45) is 0 Å². The van der Waals surface area contributed by atoms with Gasteiger partial charge in [0.1, 0.15) is 5.76 Å². The zero-order valence-electron chi connectivity index (χ0n) is 11.0. The Bertz CT molecular complexity index is 846. The Labute approximate surface area is 129 Å². The van der Waals surface area contributed by atoms with E-state index < -0.39 is 27.3 Å². The molecule has 0 radical (unpaired) electrons. The lowest BCUT2D eigenvalue weighted by Crippen LogP contribution is -2.10. The molecule has 0 atom stereocenters. The quantitative estimate of drug-likeness (QED) is 0.491. The molecule has 2 aromatic rings. The van der Waals surface area contributed by atoms with Crippen molar-refractivity contribution in [2.75, 3.05) is 0 Å². The summed E-state index contributed by atoms with van der Waals surface area (Å²) in [5.74, 6) is -3.79. The number of thiophene rings is 1. The van der Waals surface area contributed by atoms with Gasteiger partial charge >= 0.3 is 5.97 Å². The van der Waals surface area contributed by atoms with Crippen molar-refractivity contribution in [3.63, 3.8) is 0 Å². The lowest BCUT2D eigenvalue weighted by atomic mass is 10.2. The second-order valence-corrected chi connectivity index (χ2v) is 6.83. The summed E-state index contributed by atoms with van der Waals surface area (Å²) < 4.78 is 25.0. The number of aliphatic hydroxyl groups excluding tert-OH is 1. The number of carbonyl (C=O) groups is 2. The molecule has 2 N–H and O–H groups in total. The van der Waals surface area contributed by atoms with Gasteiger partial charge in [-0.15, -0.1) is 0 Å².